The van der Waals surface area contributed by atoms with Crippen LogP contribution in [0.3, 0.4) is 0 Å². The van der Waals surface area contributed by atoms with Gasteiger partial charge in [0.05, 0.1) is 5.69 Å². The van der Waals surface area contributed by atoms with E-state index in [1.807, 2.05) is 103 Å². The summed E-state index contributed by atoms with van der Waals surface area (Å²) in [7, 11) is 0. The van der Waals surface area contributed by atoms with Gasteiger partial charge in [-0.2, -0.15) is 0 Å². The van der Waals surface area contributed by atoms with E-state index in [-0.39, 0.29) is 5.41 Å². The monoisotopic (exact) mass is 825 g/mol. The van der Waals surface area contributed by atoms with Crippen LogP contribution < -0.4 is 0 Å². The molecule has 3 heterocycles. The molecule has 5 aliphatic rings. The van der Waals surface area contributed by atoms with Crippen LogP contribution in [0.1, 0.15) is 43.2 Å². The van der Waals surface area contributed by atoms with Gasteiger partial charge in [-0.05, 0) is 96.2 Å². The van der Waals surface area contributed by atoms with Crippen LogP contribution in [-0.4, -0.2) is 34.9 Å². The van der Waals surface area contributed by atoms with Gasteiger partial charge >= 0.3 is 0 Å². The molecule has 14 rings (SSSR count). The number of pyridine rings is 1. The second-order valence-electron chi connectivity index (χ2n) is 18.2. The van der Waals surface area contributed by atoms with Crippen molar-refractivity contribution < 1.29 is 0 Å². The summed E-state index contributed by atoms with van der Waals surface area (Å²) in [5.74, 6) is 6.78. The van der Waals surface area contributed by atoms with Crippen molar-refractivity contribution in [2.45, 2.75) is 37.5 Å². The highest BCUT2D eigenvalue weighted by Crippen LogP contribution is 2.70. The quantitative estimate of drug-likeness (QED) is 0.158. The molecule has 0 N–H and O–H groups in total. The number of aromatic nitrogens is 7. The van der Waals surface area contributed by atoms with Crippen molar-refractivity contribution >= 4 is 0 Å². The van der Waals surface area contributed by atoms with E-state index in [1.54, 1.807) is 0 Å². The van der Waals surface area contributed by atoms with E-state index < -0.39 is 0 Å². The molecule has 9 aromatic rings. The van der Waals surface area contributed by atoms with E-state index in [9.17, 15) is 0 Å². The fourth-order valence-corrected chi connectivity index (χ4v) is 12.2. The fraction of sp³-hybridized carbons (Fsp3) is 0.175. The summed E-state index contributed by atoms with van der Waals surface area (Å²) < 4.78 is 0. The third-order valence-corrected chi connectivity index (χ3v) is 14.6. The molecule has 306 valence electrons. The molecule has 6 aromatic carbocycles. The van der Waals surface area contributed by atoms with Gasteiger partial charge < -0.3 is 0 Å². The average Bonchev–Trinajstić information content (AvgIpc) is 3.66. The Morgan fingerprint density at radius 3 is 1.23 bits per heavy atom. The second-order valence-corrected chi connectivity index (χ2v) is 18.2. The van der Waals surface area contributed by atoms with Crippen LogP contribution >= 0.6 is 0 Å². The molecule has 4 saturated carbocycles. The second kappa shape index (κ2) is 14.8. The highest BCUT2D eigenvalue weighted by Gasteiger charge is 2.61. The summed E-state index contributed by atoms with van der Waals surface area (Å²) in [5.41, 5.74) is 13.2. The highest BCUT2D eigenvalue weighted by molar-refractivity contribution is 5.94. The molecule has 0 amide bonds. The third-order valence-electron chi connectivity index (χ3n) is 14.6. The van der Waals surface area contributed by atoms with Gasteiger partial charge in [0.1, 0.15) is 0 Å². The molecule has 0 aliphatic heterocycles. The van der Waals surface area contributed by atoms with E-state index in [0.717, 1.165) is 56.5 Å². The zero-order valence-corrected chi connectivity index (χ0v) is 35.2. The van der Waals surface area contributed by atoms with Crippen LogP contribution in [0.25, 0.3) is 90.7 Å². The molecule has 0 radical (unpaired) electrons. The van der Waals surface area contributed by atoms with E-state index in [4.69, 9.17) is 34.9 Å². The zero-order valence-electron chi connectivity index (χ0n) is 35.2. The molecular formula is C57H43N7. The number of benzene rings is 6. The molecule has 7 nitrogen and oxygen atoms in total. The lowest BCUT2D eigenvalue weighted by atomic mass is 9.43. The van der Waals surface area contributed by atoms with Crippen molar-refractivity contribution in [2.24, 2.45) is 23.7 Å². The number of rotatable bonds is 7. The standard InChI is InChI=1S/C57H43N7/c1-5-14-37(15-6-1)51-59-52(38-16-7-2-8-17-38)62-55(61-51)41-24-26-47-46(33-41)50-45(22-13-23-48(50)57(47)43-29-35-28-36(31-43)32-44(57)30-35)49-27-25-42(34-58-49)56-63-53(39-18-9-3-10-19-39)60-54(64-56)40-20-11-4-12-21-40/h1-27,33-36,43-44H,28-32H2. The summed E-state index contributed by atoms with van der Waals surface area (Å²) >= 11 is 0. The maximum atomic E-state index is 5.24. The summed E-state index contributed by atoms with van der Waals surface area (Å²) in [5, 5.41) is 0. The number of fused-ring (bicyclic) bond motifs is 3. The van der Waals surface area contributed by atoms with Crippen LogP contribution in [0.15, 0.2) is 176 Å². The molecule has 64 heavy (non-hydrogen) atoms. The Morgan fingerprint density at radius 2 is 0.781 bits per heavy atom. The summed E-state index contributed by atoms with van der Waals surface area (Å²) in [6, 6.07) is 59.0. The summed E-state index contributed by atoms with van der Waals surface area (Å²) in [6.45, 7) is 0. The van der Waals surface area contributed by atoms with Gasteiger partial charge in [-0.3, -0.25) is 4.98 Å². The number of nitrogens with zero attached hydrogens (tertiary/aromatic N) is 7. The summed E-state index contributed by atoms with van der Waals surface area (Å²) in [4.78, 5) is 35.5. The van der Waals surface area contributed by atoms with Gasteiger partial charge in [0, 0.05) is 50.6 Å². The Bertz CT molecular complexity index is 3070. The van der Waals surface area contributed by atoms with Crippen molar-refractivity contribution in [2.75, 3.05) is 0 Å². The minimum absolute atomic E-state index is 0.0252. The van der Waals surface area contributed by atoms with Crippen LogP contribution in [-0.2, 0) is 5.41 Å². The lowest BCUT2D eigenvalue weighted by molar-refractivity contribution is -0.0399. The molecule has 0 unspecified atom stereocenters. The first kappa shape index (κ1) is 37.1. The molecule has 7 heteroatoms. The van der Waals surface area contributed by atoms with E-state index in [2.05, 4.69) is 72.8 Å². The topological polar surface area (TPSA) is 90.2 Å². The van der Waals surface area contributed by atoms with Crippen molar-refractivity contribution in [1.29, 1.82) is 0 Å². The first-order valence-corrected chi connectivity index (χ1v) is 22.6. The first-order chi connectivity index (χ1) is 31.7. The predicted molar refractivity (Wildman–Crippen MR) is 252 cm³/mol. The lowest BCUT2D eigenvalue weighted by Crippen LogP contribution is -2.55. The molecule has 5 aliphatic carbocycles. The predicted octanol–water partition coefficient (Wildman–Crippen LogP) is 12.8. The third kappa shape index (κ3) is 5.98. The Labute approximate surface area is 372 Å². The van der Waals surface area contributed by atoms with Gasteiger partial charge in [-0.25, -0.2) is 29.9 Å². The zero-order chi connectivity index (χ0) is 42.2. The fourth-order valence-electron chi connectivity index (χ4n) is 12.2. The molecule has 0 saturated heterocycles. The Hall–Kier alpha value is -7.51. The van der Waals surface area contributed by atoms with Gasteiger partial charge in [-0.1, -0.05) is 152 Å². The Kier molecular flexibility index (Phi) is 8.58. The maximum absolute atomic E-state index is 5.24. The van der Waals surface area contributed by atoms with Gasteiger partial charge in [0.25, 0.3) is 0 Å². The minimum Gasteiger partial charge on any atom is -0.255 e. The minimum atomic E-state index is -0.0252. The lowest BCUT2D eigenvalue weighted by Gasteiger charge is -2.61. The molecule has 3 aromatic heterocycles. The Balaban J connectivity index is 0.964. The highest BCUT2D eigenvalue weighted by atomic mass is 15.0. The maximum Gasteiger partial charge on any atom is 0.165 e. The number of hydrogen-bond acceptors (Lipinski definition) is 7. The first-order valence-electron chi connectivity index (χ1n) is 22.6. The molecule has 4 bridgehead atoms. The van der Waals surface area contributed by atoms with Gasteiger partial charge in [0.15, 0.2) is 34.9 Å². The average molecular weight is 826 g/mol. The molecule has 0 atom stereocenters. The van der Waals surface area contributed by atoms with E-state index in [1.165, 1.54) is 54.4 Å². The van der Waals surface area contributed by atoms with E-state index in [0.29, 0.717) is 46.8 Å². The van der Waals surface area contributed by atoms with Crippen molar-refractivity contribution in [3.63, 3.8) is 0 Å². The molecule has 4 fully saturated rings. The molecule has 1 spiro atoms. The van der Waals surface area contributed by atoms with Crippen molar-refractivity contribution in [3.8, 4) is 90.7 Å². The van der Waals surface area contributed by atoms with Crippen LogP contribution in [0.4, 0.5) is 0 Å². The molecular weight excluding hydrogens is 783 g/mol. The Morgan fingerprint density at radius 1 is 0.344 bits per heavy atom. The van der Waals surface area contributed by atoms with Crippen molar-refractivity contribution in [1.82, 2.24) is 34.9 Å². The smallest absolute Gasteiger partial charge is 0.165 e. The van der Waals surface area contributed by atoms with Gasteiger partial charge in [-0.15, -0.1) is 0 Å². The number of hydrogen-bond donors (Lipinski definition) is 0. The van der Waals surface area contributed by atoms with Crippen LogP contribution in [0.5, 0.6) is 0 Å². The van der Waals surface area contributed by atoms with Crippen molar-refractivity contribution in [3.05, 3.63) is 187 Å². The van der Waals surface area contributed by atoms with E-state index >= 15 is 0 Å². The SMILES string of the molecule is c1ccc(-c2nc(-c3ccccc3)nc(-c3ccc(-c4cccc5c4-c4cc(-c6nc(-c7ccccc7)nc(-c7ccccc7)n6)ccc4C54C5CC6CC(C5)CC4C6)nc3)n2)cc1. The van der Waals surface area contributed by atoms with Gasteiger partial charge in [0.2, 0.25) is 0 Å². The normalized spacial score (nSPS) is 21.2. The largest absolute Gasteiger partial charge is 0.255 e. The van der Waals surface area contributed by atoms with Crippen LogP contribution in [0.2, 0.25) is 0 Å². The summed E-state index contributed by atoms with van der Waals surface area (Å²) in [6.07, 6.45) is 8.56. The van der Waals surface area contributed by atoms with Crippen LogP contribution in [0, 0.1) is 23.7 Å².